The molecule has 0 amide bonds. The second kappa shape index (κ2) is 7.09. The molecule has 0 radical (unpaired) electrons. The Hall–Kier alpha value is -1.06. The molecule has 0 spiro atoms. The minimum atomic E-state index is 0.153. The van der Waals surface area contributed by atoms with Crippen LogP contribution < -0.4 is 10.1 Å². The molecule has 1 aromatic carbocycles. The molecule has 3 heteroatoms. The number of nitrogens with one attached hydrogen (secondary N) is 1. The van der Waals surface area contributed by atoms with Crippen LogP contribution in [0.25, 0.3) is 0 Å². The van der Waals surface area contributed by atoms with Crippen LogP contribution in [-0.2, 0) is 4.74 Å². The highest BCUT2D eigenvalue weighted by molar-refractivity contribution is 5.29. The van der Waals surface area contributed by atoms with Gasteiger partial charge in [0.15, 0.2) is 0 Å². The predicted octanol–water partition coefficient (Wildman–Crippen LogP) is 3.55. The smallest absolute Gasteiger partial charge is 0.119 e. The first-order valence-electron chi connectivity index (χ1n) is 7.67. The molecule has 1 saturated heterocycles. The monoisotopic (exact) mass is 277 g/mol. The fourth-order valence-electron chi connectivity index (χ4n) is 2.60. The maximum atomic E-state index is 6.20. The molecule has 0 saturated carbocycles. The van der Waals surface area contributed by atoms with Crippen molar-refractivity contribution in [2.45, 2.75) is 52.4 Å². The fraction of sp³-hybridized carbons (Fsp3) is 0.647. The first-order valence-corrected chi connectivity index (χ1v) is 7.67. The summed E-state index contributed by atoms with van der Waals surface area (Å²) >= 11 is 0. The van der Waals surface area contributed by atoms with Crippen molar-refractivity contribution in [1.82, 2.24) is 5.32 Å². The molecule has 0 bridgehead atoms. The van der Waals surface area contributed by atoms with Crippen LogP contribution in [-0.4, -0.2) is 25.3 Å². The van der Waals surface area contributed by atoms with Crippen molar-refractivity contribution in [2.75, 3.05) is 13.1 Å². The lowest BCUT2D eigenvalue weighted by Crippen LogP contribution is -2.41. The summed E-state index contributed by atoms with van der Waals surface area (Å²) in [6.45, 7) is 10.4. The van der Waals surface area contributed by atoms with E-state index in [1.807, 2.05) is 26.0 Å². The van der Waals surface area contributed by atoms with E-state index in [0.29, 0.717) is 12.0 Å². The average molecular weight is 277 g/mol. The van der Waals surface area contributed by atoms with Crippen LogP contribution in [0.2, 0.25) is 0 Å². The maximum Gasteiger partial charge on any atom is 0.119 e. The van der Waals surface area contributed by atoms with E-state index in [0.717, 1.165) is 25.3 Å². The van der Waals surface area contributed by atoms with Gasteiger partial charge in [-0.15, -0.1) is 0 Å². The van der Waals surface area contributed by atoms with E-state index in [2.05, 4.69) is 31.3 Å². The Labute approximate surface area is 122 Å². The van der Waals surface area contributed by atoms with E-state index in [1.54, 1.807) is 0 Å². The maximum absolute atomic E-state index is 6.20. The lowest BCUT2D eigenvalue weighted by atomic mass is 10.0. The van der Waals surface area contributed by atoms with Crippen LogP contribution in [0.4, 0.5) is 0 Å². The molecule has 0 aromatic heterocycles. The zero-order chi connectivity index (χ0) is 14.5. The van der Waals surface area contributed by atoms with Gasteiger partial charge in [-0.1, -0.05) is 26.0 Å². The van der Waals surface area contributed by atoms with Gasteiger partial charge in [0.05, 0.1) is 18.3 Å². The third-order valence-corrected chi connectivity index (χ3v) is 3.42. The first-order chi connectivity index (χ1) is 9.54. The molecule has 112 valence electrons. The molecule has 2 atom stereocenters. The number of hydrogen-bond acceptors (Lipinski definition) is 3. The Morgan fingerprint density at radius 3 is 2.45 bits per heavy atom. The van der Waals surface area contributed by atoms with Crippen molar-refractivity contribution in [3.63, 3.8) is 0 Å². The van der Waals surface area contributed by atoms with E-state index in [4.69, 9.17) is 9.47 Å². The Kier molecular flexibility index (Phi) is 5.44. The Balaban J connectivity index is 1.96. The summed E-state index contributed by atoms with van der Waals surface area (Å²) in [6.07, 6.45) is 1.79. The number of morpholine rings is 1. The molecule has 20 heavy (non-hydrogen) atoms. The van der Waals surface area contributed by atoms with E-state index >= 15 is 0 Å². The molecular weight excluding hydrogens is 250 g/mol. The summed E-state index contributed by atoms with van der Waals surface area (Å²) in [5.41, 5.74) is 1.22. The number of rotatable bonds is 5. The van der Waals surface area contributed by atoms with Gasteiger partial charge in [-0.05, 0) is 43.9 Å². The Morgan fingerprint density at radius 1 is 1.15 bits per heavy atom. The lowest BCUT2D eigenvalue weighted by Gasteiger charge is -2.32. The van der Waals surface area contributed by atoms with E-state index in [9.17, 15) is 0 Å². The second-order valence-electron chi connectivity index (χ2n) is 6.27. The first kappa shape index (κ1) is 15.3. The van der Waals surface area contributed by atoms with Gasteiger partial charge in [0.2, 0.25) is 0 Å². The van der Waals surface area contributed by atoms with Gasteiger partial charge in [0, 0.05) is 13.1 Å². The van der Waals surface area contributed by atoms with Gasteiger partial charge >= 0.3 is 0 Å². The lowest BCUT2D eigenvalue weighted by molar-refractivity contribution is -0.0474. The van der Waals surface area contributed by atoms with Crippen LogP contribution in [0.5, 0.6) is 5.75 Å². The van der Waals surface area contributed by atoms with Crippen LogP contribution in [0, 0.1) is 5.92 Å². The molecule has 3 nitrogen and oxygen atoms in total. The third-order valence-electron chi connectivity index (χ3n) is 3.42. The number of hydrogen-bond donors (Lipinski definition) is 1. The van der Waals surface area contributed by atoms with Crippen molar-refractivity contribution in [3.05, 3.63) is 29.8 Å². The highest BCUT2D eigenvalue weighted by atomic mass is 16.5. The van der Waals surface area contributed by atoms with Crippen molar-refractivity contribution in [1.29, 1.82) is 0 Å². The van der Waals surface area contributed by atoms with Crippen molar-refractivity contribution >= 4 is 0 Å². The Bertz CT molecular complexity index is 400. The SMILES string of the molecule is CC(C)CC1CNCC(c2ccc(OC(C)C)cc2)O1. The van der Waals surface area contributed by atoms with E-state index in [1.165, 1.54) is 5.56 Å². The van der Waals surface area contributed by atoms with E-state index in [-0.39, 0.29) is 12.2 Å². The van der Waals surface area contributed by atoms with Crippen molar-refractivity contribution in [2.24, 2.45) is 5.92 Å². The van der Waals surface area contributed by atoms with Crippen molar-refractivity contribution < 1.29 is 9.47 Å². The minimum absolute atomic E-state index is 0.153. The summed E-state index contributed by atoms with van der Waals surface area (Å²) in [7, 11) is 0. The van der Waals surface area contributed by atoms with Crippen LogP contribution in [0.1, 0.15) is 45.8 Å². The van der Waals surface area contributed by atoms with Gasteiger partial charge in [-0.25, -0.2) is 0 Å². The average Bonchev–Trinajstić information content (AvgIpc) is 2.38. The highest BCUT2D eigenvalue weighted by Crippen LogP contribution is 2.26. The molecule has 0 aliphatic carbocycles. The third kappa shape index (κ3) is 4.50. The molecule has 1 fully saturated rings. The Morgan fingerprint density at radius 2 is 1.85 bits per heavy atom. The van der Waals surface area contributed by atoms with Gasteiger partial charge in [0.25, 0.3) is 0 Å². The normalized spacial score (nSPS) is 23.3. The van der Waals surface area contributed by atoms with Gasteiger partial charge in [-0.2, -0.15) is 0 Å². The molecular formula is C17H27NO2. The van der Waals surface area contributed by atoms with Gasteiger partial charge in [0.1, 0.15) is 5.75 Å². The van der Waals surface area contributed by atoms with Crippen LogP contribution in [0.3, 0.4) is 0 Å². The fourth-order valence-corrected chi connectivity index (χ4v) is 2.60. The quantitative estimate of drug-likeness (QED) is 0.893. The summed E-state index contributed by atoms with van der Waals surface area (Å²) in [6, 6.07) is 8.29. The molecule has 2 unspecified atom stereocenters. The zero-order valence-electron chi connectivity index (χ0n) is 13.1. The molecule has 2 rings (SSSR count). The van der Waals surface area contributed by atoms with Crippen LogP contribution >= 0.6 is 0 Å². The zero-order valence-corrected chi connectivity index (χ0v) is 13.1. The number of ether oxygens (including phenoxy) is 2. The molecule has 1 aliphatic rings. The summed E-state index contributed by atoms with van der Waals surface area (Å²) in [5.74, 6) is 1.59. The minimum Gasteiger partial charge on any atom is -0.491 e. The topological polar surface area (TPSA) is 30.5 Å². The standard InChI is InChI=1S/C17H27NO2/c1-12(2)9-16-10-18-11-17(20-16)14-5-7-15(8-6-14)19-13(3)4/h5-8,12-13,16-18H,9-11H2,1-4H3. The molecule has 1 aromatic rings. The number of benzene rings is 1. The molecule has 1 N–H and O–H groups in total. The highest BCUT2D eigenvalue weighted by Gasteiger charge is 2.23. The van der Waals surface area contributed by atoms with Crippen molar-refractivity contribution in [3.8, 4) is 5.75 Å². The van der Waals surface area contributed by atoms with E-state index < -0.39 is 0 Å². The van der Waals surface area contributed by atoms with Gasteiger partial charge in [-0.3, -0.25) is 0 Å². The largest absolute Gasteiger partial charge is 0.491 e. The predicted molar refractivity (Wildman–Crippen MR) is 82.1 cm³/mol. The van der Waals surface area contributed by atoms with Gasteiger partial charge < -0.3 is 14.8 Å². The summed E-state index contributed by atoms with van der Waals surface area (Å²) in [5, 5.41) is 3.48. The van der Waals surface area contributed by atoms with Crippen LogP contribution in [0.15, 0.2) is 24.3 Å². The summed E-state index contributed by atoms with van der Waals surface area (Å²) < 4.78 is 11.9. The molecule has 1 aliphatic heterocycles. The summed E-state index contributed by atoms with van der Waals surface area (Å²) in [4.78, 5) is 0. The second-order valence-corrected chi connectivity index (χ2v) is 6.27. The molecule has 1 heterocycles.